The molecule has 2 aromatic carbocycles. The zero-order valence-corrected chi connectivity index (χ0v) is 15.5. The van der Waals surface area contributed by atoms with E-state index in [0.29, 0.717) is 23.9 Å². The molecule has 1 aliphatic heterocycles. The fourth-order valence-corrected chi connectivity index (χ4v) is 2.88. The summed E-state index contributed by atoms with van der Waals surface area (Å²) < 4.78 is 10.3. The molecule has 5 nitrogen and oxygen atoms in total. The molecule has 0 fully saturated rings. The van der Waals surface area contributed by atoms with Gasteiger partial charge in [-0.25, -0.2) is 4.79 Å². The van der Waals surface area contributed by atoms with E-state index in [9.17, 15) is 9.59 Å². The van der Waals surface area contributed by atoms with Crippen LogP contribution in [0.3, 0.4) is 0 Å². The molecule has 0 saturated heterocycles. The van der Waals surface area contributed by atoms with Gasteiger partial charge in [-0.15, -0.1) is 0 Å². The highest BCUT2D eigenvalue weighted by molar-refractivity contribution is 6.30. The standard InChI is InChI=1S/C21H20ClNO4/c22-18-6-8-19(9-7-18)26-15-21(25)27-14-20(24)23-12-10-17(11-13-23)16-4-2-1-3-5-16/h1-10H,11-15H2. The lowest BCUT2D eigenvalue weighted by molar-refractivity contribution is -0.153. The number of ether oxygens (including phenoxy) is 2. The molecule has 0 bridgehead atoms. The van der Waals surface area contributed by atoms with Gasteiger partial charge in [0.2, 0.25) is 0 Å². The van der Waals surface area contributed by atoms with Crippen LogP contribution in [-0.4, -0.2) is 43.1 Å². The summed E-state index contributed by atoms with van der Waals surface area (Å²) in [6.45, 7) is 0.588. The van der Waals surface area contributed by atoms with Gasteiger partial charge in [0, 0.05) is 18.1 Å². The Bertz CT molecular complexity index is 818. The van der Waals surface area contributed by atoms with E-state index in [2.05, 4.69) is 12.1 Å². The molecule has 6 heteroatoms. The smallest absolute Gasteiger partial charge is 0.344 e. The molecule has 0 N–H and O–H groups in total. The largest absolute Gasteiger partial charge is 0.482 e. The normalized spacial score (nSPS) is 13.7. The summed E-state index contributed by atoms with van der Waals surface area (Å²) in [6.07, 6.45) is 2.82. The Morgan fingerprint density at radius 3 is 2.41 bits per heavy atom. The van der Waals surface area contributed by atoms with Gasteiger partial charge in [0.05, 0.1) is 0 Å². The number of benzene rings is 2. The number of amides is 1. The van der Waals surface area contributed by atoms with Crippen LogP contribution in [-0.2, 0) is 14.3 Å². The fraction of sp³-hybridized carbons (Fsp3) is 0.238. The summed E-state index contributed by atoms with van der Waals surface area (Å²) in [5.41, 5.74) is 2.41. The van der Waals surface area contributed by atoms with Crippen molar-refractivity contribution < 1.29 is 19.1 Å². The number of rotatable bonds is 6. The number of carbonyl (C=O) groups is 2. The van der Waals surface area contributed by atoms with Crippen LogP contribution in [0.4, 0.5) is 0 Å². The lowest BCUT2D eigenvalue weighted by atomic mass is 10.00. The molecule has 0 atom stereocenters. The van der Waals surface area contributed by atoms with Gasteiger partial charge in [-0.2, -0.15) is 0 Å². The van der Waals surface area contributed by atoms with Crippen LogP contribution in [0.15, 0.2) is 60.7 Å². The molecule has 0 aliphatic carbocycles. The topological polar surface area (TPSA) is 55.8 Å². The van der Waals surface area contributed by atoms with Gasteiger partial charge in [-0.05, 0) is 41.8 Å². The number of nitrogens with zero attached hydrogens (tertiary/aromatic N) is 1. The minimum atomic E-state index is -0.587. The number of esters is 1. The molecular formula is C21H20ClNO4. The van der Waals surface area contributed by atoms with Crippen molar-refractivity contribution in [3.8, 4) is 5.75 Å². The van der Waals surface area contributed by atoms with Crippen molar-refractivity contribution in [2.24, 2.45) is 0 Å². The van der Waals surface area contributed by atoms with E-state index in [0.717, 1.165) is 6.42 Å². The van der Waals surface area contributed by atoms with E-state index >= 15 is 0 Å². The summed E-state index contributed by atoms with van der Waals surface area (Å²) in [5, 5.41) is 0.585. The summed E-state index contributed by atoms with van der Waals surface area (Å²) in [6, 6.07) is 16.7. The maximum absolute atomic E-state index is 12.2. The van der Waals surface area contributed by atoms with Crippen LogP contribution in [0.2, 0.25) is 5.02 Å². The third-order valence-electron chi connectivity index (χ3n) is 4.23. The molecule has 2 aromatic rings. The van der Waals surface area contributed by atoms with E-state index in [1.165, 1.54) is 11.1 Å². The first-order chi connectivity index (χ1) is 13.1. The average Bonchev–Trinajstić information content (AvgIpc) is 2.72. The predicted octanol–water partition coefficient (Wildman–Crippen LogP) is 3.58. The van der Waals surface area contributed by atoms with Crippen molar-refractivity contribution in [1.29, 1.82) is 0 Å². The van der Waals surface area contributed by atoms with E-state index < -0.39 is 5.97 Å². The molecule has 0 saturated carbocycles. The predicted molar refractivity (Wildman–Crippen MR) is 104 cm³/mol. The fourth-order valence-electron chi connectivity index (χ4n) is 2.76. The Labute approximate surface area is 163 Å². The Hall–Kier alpha value is -2.79. The van der Waals surface area contributed by atoms with Crippen molar-refractivity contribution in [2.75, 3.05) is 26.3 Å². The number of hydrogen-bond acceptors (Lipinski definition) is 4. The molecule has 0 unspecified atom stereocenters. The van der Waals surface area contributed by atoms with Crippen molar-refractivity contribution >= 4 is 29.1 Å². The second-order valence-electron chi connectivity index (χ2n) is 6.09. The van der Waals surface area contributed by atoms with E-state index in [1.807, 2.05) is 24.3 Å². The maximum Gasteiger partial charge on any atom is 0.344 e. The second-order valence-corrected chi connectivity index (χ2v) is 6.52. The minimum absolute atomic E-state index is 0.210. The highest BCUT2D eigenvalue weighted by Crippen LogP contribution is 2.22. The van der Waals surface area contributed by atoms with Gasteiger partial charge in [0.1, 0.15) is 5.75 Å². The van der Waals surface area contributed by atoms with Crippen LogP contribution >= 0.6 is 11.6 Å². The zero-order chi connectivity index (χ0) is 19.1. The van der Waals surface area contributed by atoms with Crippen LogP contribution < -0.4 is 4.74 Å². The Morgan fingerprint density at radius 1 is 1.00 bits per heavy atom. The first-order valence-corrected chi connectivity index (χ1v) is 9.06. The van der Waals surface area contributed by atoms with Crippen molar-refractivity contribution in [3.05, 3.63) is 71.3 Å². The maximum atomic E-state index is 12.2. The highest BCUT2D eigenvalue weighted by Gasteiger charge is 2.19. The van der Waals surface area contributed by atoms with Crippen molar-refractivity contribution in [2.45, 2.75) is 6.42 Å². The first-order valence-electron chi connectivity index (χ1n) is 8.68. The van der Waals surface area contributed by atoms with Crippen LogP contribution in [0.1, 0.15) is 12.0 Å². The molecule has 1 aliphatic rings. The molecule has 27 heavy (non-hydrogen) atoms. The molecule has 1 heterocycles. The number of carbonyl (C=O) groups excluding carboxylic acids is 2. The zero-order valence-electron chi connectivity index (χ0n) is 14.8. The summed E-state index contributed by atoms with van der Waals surface area (Å²) in [7, 11) is 0. The SMILES string of the molecule is O=C(COc1ccc(Cl)cc1)OCC(=O)N1CC=C(c2ccccc2)CC1. The second kappa shape index (κ2) is 9.24. The Morgan fingerprint density at radius 2 is 1.74 bits per heavy atom. The lowest BCUT2D eigenvalue weighted by Crippen LogP contribution is -2.38. The van der Waals surface area contributed by atoms with Crippen LogP contribution in [0.5, 0.6) is 5.75 Å². The van der Waals surface area contributed by atoms with Crippen molar-refractivity contribution in [1.82, 2.24) is 4.90 Å². The molecule has 3 rings (SSSR count). The van der Waals surface area contributed by atoms with E-state index in [-0.39, 0.29) is 19.1 Å². The third kappa shape index (κ3) is 5.59. The highest BCUT2D eigenvalue weighted by atomic mass is 35.5. The molecule has 0 spiro atoms. The molecule has 0 radical (unpaired) electrons. The van der Waals surface area contributed by atoms with E-state index in [4.69, 9.17) is 21.1 Å². The summed E-state index contributed by atoms with van der Waals surface area (Å²) in [5.74, 6) is -0.286. The molecule has 1 amide bonds. The number of hydrogen-bond donors (Lipinski definition) is 0. The van der Waals surface area contributed by atoms with Gasteiger partial charge in [0.25, 0.3) is 5.91 Å². The molecular weight excluding hydrogens is 366 g/mol. The van der Waals surface area contributed by atoms with Crippen molar-refractivity contribution in [3.63, 3.8) is 0 Å². The van der Waals surface area contributed by atoms with Crippen LogP contribution in [0, 0.1) is 0 Å². The Kier molecular flexibility index (Phi) is 6.49. The van der Waals surface area contributed by atoms with Gasteiger partial charge >= 0.3 is 5.97 Å². The Balaban J connectivity index is 1.41. The van der Waals surface area contributed by atoms with Gasteiger partial charge in [0.15, 0.2) is 13.2 Å². The summed E-state index contributed by atoms with van der Waals surface area (Å²) in [4.78, 5) is 25.7. The van der Waals surface area contributed by atoms with Gasteiger partial charge < -0.3 is 14.4 Å². The summed E-state index contributed by atoms with van der Waals surface area (Å²) >= 11 is 5.78. The third-order valence-corrected chi connectivity index (χ3v) is 4.49. The minimum Gasteiger partial charge on any atom is -0.482 e. The lowest BCUT2D eigenvalue weighted by Gasteiger charge is -2.26. The number of halogens is 1. The van der Waals surface area contributed by atoms with Gasteiger partial charge in [-0.3, -0.25) is 4.79 Å². The molecule has 140 valence electrons. The average molecular weight is 386 g/mol. The first kappa shape index (κ1) is 19.0. The van der Waals surface area contributed by atoms with Gasteiger partial charge in [-0.1, -0.05) is 48.0 Å². The quantitative estimate of drug-likeness (QED) is 0.713. The van der Waals surface area contributed by atoms with E-state index in [1.54, 1.807) is 29.2 Å². The monoisotopic (exact) mass is 385 g/mol. The molecule has 0 aromatic heterocycles. The van der Waals surface area contributed by atoms with Crippen LogP contribution in [0.25, 0.3) is 5.57 Å².